The molecule has 23 heavy (non-hydrogen) atoms. The van der Waals surface area contributed by atoms with Crippen molar-refractivity contribution >= 4 is 17.7 Å². The Morgan fingerprint density at radius 2 is 1.78 bits per heavy atom. The van der Waals surface area contributed by atoms with E-state index in [9.17, 15) is 4.79 Å². The minimum Gasteiger partial charge on any atom is -0.349 e. The molecule has 3 heteroatoms. The van der Waals surface area contributed by atoms with Gasteiger partial charge >= 0.3 is 0 Å². The monoisotopic (exact) mass is 327 g/mol. The Bertz CT molecular complexity index is 654. The van der Waals surface area contributed by atoms with Crippen LogP contribution in [0.25, 0.3) is 0 Å². The van der Waals surface area contributed by atoms with Gasteiger partial charge in [-0.3, -0.25) is 4.79 Å². The minimum absolute atomic E-state index is 0.0298. The second-order valence-electron chi connectivity index (χ2n) is 6.03. The molecule has 0 aliphatic rings. The summed E-state index contributed by atoms with van der Waals surface area (Å²) >= 11 is 1.67. The van der Waals surface area contributed by atoms with Crippen LogP contribution in [-0.4, -0.2) is 11.2 Å². The van der Waals surface area contributed by atoms with Crippen molar-refractivity contribution in [3.05, 3.63) is 70.8 Å². The quantitative estimate of drug-likeness (QED) is 0.825. The zero-order valence-corrected chi connectivity index (χ0v) is 15.1. The van der Waals surface area contributed by atoms with Crippen LogP contribution in [0.5, 0.6) is 0 Å². The summed E-state index contributed by atoms with van der Waals surface area (Å²) in [4.78, 5) is 12.4. The molecule has 0 radical (unpaired) electrons. The maximum Gasteiger partial charge on any atom is 0.233 e. The molecular formula is C20H25NOS. The van der Waals surface area contributed by atoms with E-state index in [0.29, 0.717) is 0 Å². The molecule has 0 aromatic heterocycles. The molecule has 2 atom stereocenters. The highest BCUT2D eigenvalue weighted by atomic mass is 32.2. The second kappa shape index (κ2) is 8.21. The molecule has 122 valence electrons. The fraction of sp³-hybridized carbons (Fsp3) is 0.350. The predicted octanol–water partition coefficient (Wildman–Crippen LogP) is 4.80. The van der Waals surface area contributed by atoms with Crippen LogP contribution in [0.15, 0.2) is 48.5 Å². The van der Waals surface area contributed by atoms with Gasteiger partial charge < -0.3 is 5.32 Å². The van der Waals surface area contributed by atoms with Crippen LogP contribution in [-0.2, 0) is 10.5 Å². The van der Waals surface area contributed by atoms with Crippen molar-refractivity contribution < 1.29 is 4.79 Å². The Kier molecular flexibility index (Phi) is 6.28. The third kappa shape index (κ3) is 5.14. The third-order valence-corrected chi connectivity index (χ3v) is 5.19. The Balaban J connectivity index is 1.91. The number of aryl methyl sites for hydroxylation is 2. The lowest BCUT2D eigenvalue weighted by Crippen LogP contribution is -2.33. The van der Waals surface area contributed by atoms with Crippen LogP contribution in [0.2, 0.25) is 0 Å². The Morgan fingerprint density at radius 3 is 2.48 bits per heavy atom. The summed E-state index contributed by atoms with van der Waals surface area (Å²) < 4.78 is 0. The number of amides is 1. The maximum atomic E-state index is 12.4. The average molecular weight is 327 g/mol. The van der Waals surface area contributed by atoms with Gasteiger partial charge in [-0.2, -0.15) is 0 Å². The van der Waals surface area contributed by atoms with Gasteiger partial charge in [-0.15, -0.1) is 11.8 Å². The average Bonchev–Trinajstić information content (AvgIpc) is 2.55. The first-order valence-corrected chi connectivity index (χ1v) is 9.05. The highest BCUT2D eigenvalue weighted by molar-refractivity contribution is 7.99. The molecule has 0 heterocycles. The zero-order valence-electron chi connectivity index (χ0n) is 14.3. The van der Waals surface area contributed by atoms with E-state index in [1.807, 2.05) is 32.0 Å². The van der Waals surface area contributed by atoms with Gasteiger partial charge in [0.1, 0.15) is 0 Å². The Labute approximate surface area is 143 Å². The van der Waals surface area contributed by atoms with Crippen molar-refractivity contribution in [2.75, 3.05) is 0 Å². The normalized spacial score (nSPS) is 13.4. The van der Waals surface area contributed by atoms with Crippen LogP contribution in [0.4, 0.5) is 0 Å². The molecule has 2 nitrogen and oxygen atoms in total. The molecule has 0 spiro atoms. The maximum absolute atomic E-state index is 12.4. The van der Waals surface area contributed by atoms with Crippen molar-refractivity contribution in [3.63, 3.8) is 0 Å². The third-order valence-electron chi connectivity index (χ3n) is 3.97. The topological polar surface area (TPSA) is 29.1 Å². The fourth-order valence-corrected chi connectivity index (χ4v) is 3.36. The van der Waals surface area contributed by atoms with E-state index in [4.69, 9.17) is 0 Å². The van der Waals surface area contributed by atoms with Gasteiger partial charge in [-0.05, 0) is 44.4 Å². The summed E-state index contributed by atoms with van der Waals surface area (Å²) in [7, 11) is 0. The zero-order chi connectivity index (χ0) is 16.8. The molecule has 2 rings (SSSR count). The number of benzene rings is 2. The standard InChI is InChI=1S/C20H25NOS/c1-14-10-11-15(2)19(12-14)16(3)21-20(22)17(4)23-13-18-8-6-5-7-9-18/h5-12,16-17H,13H2,1-4H3,(H,21,22)/t16-,17-/m0/s1. The molecule has 0 aliphatic carbocycles. The molecular weight excluding hydrogens is 302 g/mol. The number of hydrogen-bond donors (Lipinski definition) is 1. The lowest BCUT2D eigenvalue weighted by atomic mass is 10.00. The Morgan fingerprint density at radius 1 is 1.09 bits per heavy atom. The number of nitrogens with one attached hydrogen (secondary N) is 1. The molecule has 1 amide bonds. The lowest BCUT2D eigenvalue weighted by Gasteiger charge is -2.20. The van der Waals surface area contributed by atoms with Crippen LogP contribution < -0.4 is 5.32 Å². The second-order valence-corrected chi connectivity index (χ2v) is 7.36. The lowest BCUT2D eigenvalue weighted by molar-refractivity contribution is -0.120. The fourth-order valence-electron chi connectivity index (χ4n) is 2.51. The van der Waals surface area contributed by atoms with E-state index in [0.717, 1.165) is 5.75 Å². The number of carbonyl (C=O) groups excluding carboxylic acids is 1. The molecule has 0 bridgehead atoms. The summed E-state index contributed by atoms with van der Waals surface area (Å²) in [5, 5.41) is 3.07. The highest BCUT2D eigenvalue weighted by Crippen LogP contribution is 2.21. The molecule has 0 saturated heterocycles. The largest absolute Gasteiger partial charge is 0.349 e. The van der Waals surface area contributed by atoms with Crippen LogP contribution in [0.3, 0.4) is 0 Å². The van der Waals surface area contributed by atoms with Crippen molar-refractivity contribution in [1.29, 1.82) is 0 Å². The van der Waals surface area contributed by atoms with E-state index >= 15 is 0 Å². The highest BCUT2D eigenvalue weighted by Gasteiger charge is 2.17. The van der Waals surface area contributed by atoms with Crippen LogP contribution in [0.1, 0.15) is 42.1 Å². The van der Waals surface area contributed by atoms with E-state index in [1.54, 1.807) is 11.8 Å². The summed E-state index contributed by atoms with van der Waals surface area (Å²) in [5.41, 5.74) is 4.88. The van der Waals surface area contributed by atoms with E-state index in [1.165, 1.54) is 22.3 Å². The van der Waals surface area contributed by atoms with Gasteiger partial charge in [0.25, 0.3) is 0 Å². The van der Waals surface area contributed by atoms with Gasteiger partial charge in [0.2, 0.25) is 5.91 Å². The molecule has 0 aliphatic heterocycles. The first-order chi connectivity index (χ1) is 11.0. The Hall–Kier alpha value is -1.74. The number of hydrogen-bond acceptors (Lipinski definition) is 2. The minimum atomic E-state index is -0.0669. The van der Waals surface area contributed by atoms with Gasteiger partial charge in [0.15, 0.2) is 0 Å². The summed E-state index contributed by atoms with van der Waals surface area (Å²) in [6.07, 6.45) is 0. The summed E-state index contributed by atoms with van der Waals surface area (Å²) in [5.74, 6) is 0.951. The van der Waals surface area contributed by atoms with Crippen LogP contribution in [0, 0.1) is 13.8 Å². The van der Waals surface area contributed by atoms with E-state index in [-0.39, 0.29) is 17.2 Å². The summed E-state index contributed by atoms with van der Waals surface area (Å²) in [6, 6.07) is 16.7. The van der Waals surface area contributed by atoms with Crippen molar-refractivity contribution in [1.82, 2.24) is 5.32 Å². The molecule has 1 N–H and O–H groups in total. The van der Waals surface area contributed by atoms with Gasteiger partial charge in [0.05, 0.1) is 11.3 Å². The van der Waals surface area contributed by atoms with Crippen molar-refractivity contribution in [2.24, 2.45) is 0 Å². The SMILES string of the molecule is Cc1ccc(C)c([C@H](C)NC(=O)[C@H](C)SCc2ccccc2)c1. The van der Waals surface area contributed by atoms with Crippen LogP contribution >= 0.6 is 11.8 Å². The predicted molar refractivity (Wildman–Crippen MR) is 99.7 cm³/mol. The van der Waals surface area contributed by atoms with Crippen molar-refractivity contribution in [2.45, 2.75) is 44.7 Å². The van der Waals surface area contributed by atoms with Gasteiger partial charge in [-0.1, -0.05) is 54.1 Å². The molecule has 2 aromatic carbocycles. The first-order valence-electron chi connectivity index (χ1n) is 8.00. The number of thioether (sulfide) groups is 1. The molecule has 0 fully saturated rings. The number of carbonyl (C=O) groups is 1. The number of rotatable bonds is 6. The van der Waals surface area contributed by atoms with Gasteiger partial charge in [0, 0.05) is 5.75 Å². The summed E-state index contributed by atoms with van der Waals surface area (Å²) in [6.45, 7) is 8.19. The first kappa shape index (κ1) is 17.6. The molecule has 0 unspecified atom stereocenters. The molecule has 2 aromatic rings. The smallest absolute Gasteiger partial charge is 0.233 e. The molecule has 0 saturated carbocycles. The van der Waals surface area contributed by atoms with Crippen molar-refractivity contribution in [3.8, 4) is 0 Å². The van der Waals surface area contributed by atoms with Gasteiger partial charge in [-0.25, -0.2) is 0 Å². The van der Waals surface area contributed by atoms with E-state index < -0.39 is 0 Å². The van der Waals surface area contributed by atoms with E-state index in [2.05, 4.69) is 49.5 Å².